The van der Waals surface area contributed by atoms with Crippen LogP contribution in [0.15, 0.2) is 0 Å². The molecule has 1 heterocycles. The maximum Gasteiger partial charge on any atom is 0.408 e. The van der Waals surface area contributed by atoms with Gasteiger partial charge in [0.2, 0.25) is 0 Å². The summed E-state index contributed by atoms with van der Waals surface area (Å²) in [6.45, 7) is 6.91. The summed E-state index contributed by atoms with van der Waals surface area (Å²) in [5.41, 5.74) is -0.807. The van der Waals surface area contributed by atoms with E-state index in [1.54, 1.807) is 0 Å². The van der Waals surface area contributed by atoms with Crippen molar-refractivity contribution in [2.45, 2.75) is 38.3 Å². The van der Waals surface area contributed by atoms with Crippen LogP contribution in [0.4, 0.5) is 4.79 Å². The van der Waals surface area contributed by atoms with E-state index in [4.69, 9.17) is 9.84 Å². The van der Waals surface area contributed by atoms with Gasteiger partial charge in [-0.2, -0.15) is 0 Å². The fourth-order valence-corrected chi connectivity index (χ4v) is 1.49. The minimum Gasteiger partial charge on any atom is -0.444 e. The zero-order chi connectivity index (χ0) is 11.5. The van der Waals surface area contributed by atoms with Crippen LogP contribution in [0.3, 0.4) is 0 Å². The second-order valence-corrected chi connectivity index (χ2v) is 4.98. The van der Waals surface area contributed by atoms with E-state index in [1.165, 1.54) is 0 Å². The molecule has 1 aliphatic heterocycles. The van der Waals surface area contributed by atoms with Gasteiger partial charge >= 0.3 is 6.09 Å². The third-order valence-electron chi connectivity index (χ3n) is 2.28. The van der Waals surface area contributed by atoms with Crippen molar-refractivity contribution in [1.29, 1.82) is 0 Å². The fourth-order valence-electron chi connectivity index (χ4n) is 1.49. The van der Waals surface area contributed by atoms with E-state index in [0.29, 0.717) is 19.5 Å². The SMILES string of the molecule is CC(C)(C)OC(=O)NC1(CCO)CNC1.Cl. The number of hydrogen-bond acceptors (Lipinski definition) is 4. The maximum absolute atomic E-state index is 11.5. The van der Waals surface area contributed by atoms with Crippen molar-refractivity contribution in [3.05, 3.63) is 0 Å². The van der Waals surface area contributed by atoms with Crippen LogP contribution in [0.1, 0.15) is 27.2 Å². The van der Waals surface area contributed by atoms with E-state index in [9.17, 15) is 4.79 Å². The summed E-state index contributed by atoms with van der Waals surface area (Å²) in [5.74, 6) is 0. The number of hydrogen-bond donors (Lipinski definition) is 3. The molecule has 1 rings (SSSR count). The van der Waals surface area contributed by atoms with Gasteiger partial charge in [-0.05, 0) is 27.2 Å². The molecule has 0 aromatic rings. The molecule has 0 spiro atoms. The Morgan fingerprint density at radius 1 is 1.50 bits per heavy atom. The fraction of sp³-hybridized carbons (Fsp3) is 0.900. The van der Waals surface area contributed by atoms with Crippen LogP contribution in [0.25, 0.3) is 0 Å². The van der Waals surface area contributed by atoms with Gasteiger partial charge in [0.05, 0.1) is 5.54 Å². The second kappa shape index (κ2) is 5.70. The molecule has 1 fully saturated rings. The molecule has 0 atom stereocenters. The molecule has 1 aliphatic rings. The Morgan fingerprint density at radius 2 is 2.06 bits per heavy atom. The third kappa shape index (κ3) is 4.55. The first-order valence-electron chi connectivity index (χ1n) is 5.20. The van der Waals surface area contributed by atoms with Crippen molar-refractivity contribution in [1.82, 2.24) is 10.6 Å². The molecule has 16 heavy (non-hydrogen) atoms. The molecule has 6 heteroatoms. The monoisotopic (exact) mass is 252 g/mol. The molecule has 0 aromatic carbocycles. The molecule has 1 amide bonds. The highest BCUT2D eigenvalue weighted by Crippen LogP contribution is 2.16. The number of ether oxygens (including phenoxy) is 1. The first kappa shape index (κ1) is 15.5. The lowest BCUT2D eigenvalue weighted by Crippen LogP contribution is -2.69. The van der Waals surface area contributed by atoms with Crippen LogP contribution in [0.5, 0.6) is 0 Å². The van der Waals surface area contributed by atoms with Crippen LogP contribution in [0, 0.1) is 0 Å². The van der Waals surface area contributed by atoms with Gasteiger partial charge in [0.15, 0.2) is 0 Å². The molecule has 0 radical (unpaired) electrons. The Bertz CT molecular complexity index is 237. The van der Waals surface area contributed by atoms with E-state index in [1.807, 2.05) is 20.8 Å². The zero-order valence-corrected chi connectivity index (χ0v) is 10.8. The first-order chi connectivity index (χ1) is 6.87. The second-order valence-electron chi connectivity index (χ2n) is 4.98. The number of rotatable bonds is 3. The normalized spacial score (nSPS) is 18.0. The van der Waals surface area contributed by atoms with Gasteiger partial charge in [0.25, 0.3) is 0 Å². The Labute approximate surface area is 102 Å². The van der Waals surface area contributed by atoms with Crippen LogP contribution in [-0.4, -0.2) is 42.0 Å². The lowest BCUT2D eigenvalue weighted by Gasteiger charge is -2.43. The number of carbonyl (C=O) groups excluding carboxylic acids is 1. The van der Waals surface area contributed by atoms with Crippen LogP contribution in [-0.2, 0) is 4.74 Å². The summed E-state index contributed by atoms with van der Waals surface area (Å²) in [5, 5.41) is 14.8. The minimum atomic E-state index is -0.484. The minimum absolute atomic E-state index is 0. The van der Waals surface area contributed by atoms with E-state index in [2.05, 4.69) is 10.6 Å². The van der Waals surface area contributed by atoms with Gasteiger partial charge in [-0.15, -0.1) is 12.4 Å². The van der Waals surface area contributed by atoms with Crippen molar-refractivity contribution in [2.24, 2.45) is 0 Å². The quantitative estimate of drug-likeness (QED) is 0.690. The largest absolute Gasteiger partial charge is 0.444 e. The average Bonchev–Trinajstić information content (AvgIpc) is 1.96. The Kier molecular flexibility index (Phi) is 5.52. The zero-order valence-electron chi connectivity index (χ0n) is 10.0. The molecular formula is C10H21ClN2O3. The van der Waals surface area contributed by atoms with Crippen molar-refractivity contribution in [3.63, 3.8) is 0 Å². The molecule has 0 unspecified atom stereocenters. The number of alkyl carbamates (subject to hydrolysis) is 1. The highest BCUT2D eigenvalue weighted by atomic mass is 35.5. The van der Waals surface area contributed by atoms with Gasteiger partial charge in [-0.3, -0.25) is 0 Å². The number of carbonyl (C=O) groups is 1. The standard InChI is InChI=1S/C10H20N2O3.ClH/c1-9(2,3)15-8(14)12-10(4-5-13)6-11-7-10;/h11,13H,4-7H2,1-3H3,(H,12,14);1H. The topological polar surface area (TPSA) is 70.6 Å². The predicted octanol–water partition coefficient (Wildman–Crippen LogP) is 0.657. The van der Waals surface area contributed by atoms with Gasteiger partial charge in [0.1, 0.15) is 5.60 Å². The number of aliphatic hydroxyl groups is 1. The molecule has 96 valence electrons. The average molecular weight is 253 g/mol. The predicted molar refractivity (Wildman–Crippen MR) is 63.9 cm³/mol. The van der Waals surface area contributed by atoms with Crippen LogP contribution >= 0.6 is 12.4 Å². The summed E-state index contributed by atoms with van der Waals surface area (Å²) in [6.07, 6.45) is 0.136. The highest BCUT2D eigenvalue weighted by Gasteiger charge is 2.38. The van der Waals surface area contributed by atoms with E-state index >= 15 is 0 Å². The molecule has 1 saturated heterocycles. The third-order valence-corrected chi connectivity index (χ3v) is 2.28. The lowest BCUT2D eigenvalue weighted by atomic mass is 9.89. The number of amides is 1. The van der Waals surface area contributed by atoms with E-state index in [0.717, 1.165) is 0 Å². The molecule has 0 aromatic heterocycles. The Morgan fingerprint density at radius 3 is 2.38 bits per heavy atom. The van der Waals surface area contributed by atoms with Gasteiger partial charge in [-0.1, -0.05) is 0 Å². The molecule has 0 aliphatic carbocycles. The molecule has 0 saturated carbocycles. The van der Waals surface area contributed by atoms with Crippen molar-refractivity contribution in [3.8, 4) is 0 Å². The summed E-state index contributed by atoms with van der Waals surface area (Å²) >= 11 is 0. The van der Waals surface area contributed by atoms with Gasteiger partial charge < -0.3 is 20.5 Å². The summed E-state index contributed by atoms with van der Waals surface area (Å²) in [4.78, 5) is 11.5. The maximum atomic E-state index is 11.5. The number of aliphatic hydroxyl groups excluding tert-OH is 1. The molecule has 5 nitrogen and oxygen atoms in total. The summed E-state index contributed by atoms with van der Waals surface area (Å²) in [7, 11) is 0. The van der Waals surface area contributed by atoms with Crippen molar-refractivity contribution < 1.29 is 14.6 Å². The lowest BCUT2D eigenvalue weighted by molar-refractivity contribution is 0.0381. The van der Waals surface area contributed by atoms with Crippen molar-refractivity contribution in [2.75, 3.05) is 19.7 Å². The van der Waals surface area contributed by atoms with Crippen LogP contribution in [0.2, 0.25) is 0 Å². The number of halogens is 1. The Hall–Kier alpha value is -0.520. The van der Waals surface area contributed by atoms with E-state index in [-0.39, 0.29) is 24.6 Å². The summed E-state index contributed by atoms with van der Waals surface area (Å²) in [6, 6.07) is 0. The summed E-state index contributed by atoms with van der Waals surface area (Å²) < 4.78 is 5.16. The van der Waals surface area contributed by atoms with Gasteiger partial charge in [0, 0.05) is 19.7 Å². The molecular weight excluding hydrogens is 232 g/mol. The smallest absolute Gasteiger partial charge is 0.408 e. The van der Waals surface area contributed by atoms with Crippen LogP contribution < -0.4 is 10.6 Å². The first-order valence-corrected chi connectivity index (χ1v) is 5.20. The molecule has 3 N–H and O–H groups in total. The van der Waals surface area contributed by atoms with Gasteiger partial charge in [-0.25, -0.2) is 4.79 Å². The molecule has 0 bridgehead atoms. The number of nitrogens with one attached hydrogen (secondary N) is 2. The Balaban J connectivity index is 0.00000225. The van der Waals surface area contributed by atoms with E-state index < -0.39 is 11.7 Å². The van der Waals surface area contributed by atoms with Crippen molar-refractivity contribution >= 4 is 18.5 Å². The highest BCUT2D eigenvalue weighted by molar-refractivity contribution is 5.85.